The number of hydrogen-bond donors (Lipinski definition) is 2. The van der Waals surface area contributed by atoms with E-state index in [0.717, 1.165) is 24.5 Å². The van der Waals surface area contributed by atoms with Gasteiger partial charge in [-0.05, 0) is 43.0 Å². The summed E-state index contributed by atoms with van der Waals surface area (Å²) < 4.78 is 0. The highest BCUT2D eigenvalue weighted by molar-refractivity contribution is 5.79. The van der Waals surface area contributed by atoms with E-state index in [2.05, 4.69) is 9.88 Å². The van der Waals surface area contributed by atoms with Crippen LogP contribution in [0.2, 0.25) is 0 Å². The number of hydrogen-bond acceptors (Lipinski definition) is 4. The lowest BCUT2D eigenvalue weighted by Crippen LogP contribution is -2.38. The number of phenols is 1. The van der Waals surface area contributed by atoms with Crippen molar-refractivity contribution >= 4 is 11.8 Å². The lowest BCUT2D eigenvalue weighted by molar-refractivity contribution is -0.144. The van der Waals surface area contributed by atoms with Crippen LogP contribution >= 0.6 is 0 Å². The SMILES string of the molecule is O=C(O)[C@@]12CCN(c3cccc(-c4ccccc4O)n3)C[C@@H]1C2. The maximum absolute atomic E-state index is 11.4. The minimum Gasteiger partial charge on any atom is -0.507 e. The monoisotopic (exact) mass is 310 g/mol. The van der Waals surface area contributed by atoms with Gasteiger partial charge in [0.25, 0.3) is 0 Å². The Morgan fingerprint density at radius 2 is 2.04 bits per heavy atom. The molecule has 5 nitrogen and oxygen atoms in total. The number of carboxylic acids is 1. The summed E-state index contributed by atoms with van der Waals surface area (Å²) in [5, 5.41) is 19.3. The molecule has 0 spiro atoms. The molecular formula is C18H18N2O3. The van der Waals surface area contributed by atoms with E-state index in [1.807, 2.05) is 30.3 Å². The Morgan fingerprint density at radius 1 is 1.22 bits per heavy atom. The third-order valence-corrected chi connectivity index (χ3v) is 5.16. The predicted molar refractivity (Wildman–Crippen MR) is 86.3 cm³/mol. The number of nitrogens with zero attached hydrogens (tertiary/aromatic N) is 2. The van der Waals surface area contributed by atoms with Crippen molar-refractivity contribution in [3.8, 4) is 17.0 Å². The van der Waals surface area contributed by atoms with Gasteiger partial charge >= 0.3 is 5.97 Å². The van der Waals surface area contributed by atoms with Crippen LogP contribution < -0.4 is 4.90 Å². The van der Waals surface area contributed by atoms with Gasteiger partial charge in [0, 0.05) is 18.7 Å². The van der Waals surface area contributed by atoms with E-state index in [-0.39, 0.29) is 11.7 Å². The van der Waals surface area contributed by atoms with E-state index >= 15 is 0 Å². The van der Waals surface area contributed by atoms with Crippen molar-refractivity contribution in [2.24, 2.45) is 11.3 Å². The molecule has 2 heterocycles. The molecule has 2 N–H and O–H groups in total. The standard InChI is InChI=1S/C18H18N2O3/c21-15-6-2-1-4-13(15)14-5-3-7-16(19-14)20-9-8-18(17(22)23)10-12(18)11-20/h1-7,12,21H,8-11H2,(H,22,23)/t12-,18+/m0/s1. The largest absolute Gasteiger partial charge is 0.507 e. The topological polar surface area (TPSA) is 73.7 Å². The Morgan fingerprint density at radius 3 is 2.78 bits per heavy atom. The van der Waals surface area contributed by atoms with Gasteiger partial charge in [-0.1, -0.05) is 18.2 Å². The van der Waals surface area contributed by atoms with E-state index in [1.54, 1.807) is 12.1 Å². The first kappa shape index (κ1) is 14.1. The van der Waals surface area contributed by atoms with Gasteiger partial charge in [0.1, 0.15) is 11.6 Å². The normalized spacial score (nSPS) is 25.7. The van der Waals surface area contributed by atoms with Crippen LogP contribution in [-0.2, 0) is 4.79 Å². The van der Waals surface area contributed by atoms with Crippen molar-refractivity contribution in [2.75, 3.05) is 18.0 Å². The zero-order valence-corrected chi connectivity index (χ0v) is 12.6. The minimum absolute atomic E-state index is 0.211. The van der Waals surface area contributed by atoms with E-state index in [1.165, 1.54) is 0 Å². The van der Waals surface area contributed by atoms with E-state index in [0.29, 0.717) is 18.5 Å². The van der Waals surface area contributed by atoms with Gasteiger partial charge in [-0.25, -0.2) is 4.98 Å². The first-order valence-electron chi connectivity index (χ1n) is 7.84. The second-order valence-electron chi connectivity index (χ2n) is 6.46. The Labute approximate surface area is 134 Å². The van der Waals surface area contributed by atoms with Gasteiger partial charge in [-0.3, -0.25) is 4.79 Å². The molecule has 1 aromatic carbocycles. The van der Waals surface area contributed by atoms with Crippen LogP contribution in [0.25, 0.3) is 11.3 Å². The number of rotatable bonds is 3. The molecule has 0 unspecified atom stereocenters. The average Bonchev–Trinajstić information content (AvgIpc) is 3.30. The fraction of sp³-hybridized carbons (Fsp3) is 0.333. The second kappa shape index (κ2) is 4.98. The Hall–Kier alpha value is -2.56. The second-order valence-corrected chi connectivity index (χ2v) is 6.46. The molecule has 5 heteroatoms. The van der Waals surface area contributed by atoms with Gasteiger partial charge in [-0.2, -0.15) is 0 Å². The van der Waals surface area contributed by atoms with Gasteiger partial charge in [-0.15, -0.1) is 0 Å². The van der Waals surface area contributed by atoms with Gasteiger partial charge in [0.2, 0.25) is 0 Å². The van der Waals surface area contributed by atoms with E-state index < -0.39 is 11.4 Å². The molecule has 2 fully saturated rings. The van der Waals surface area contributed by atoms with Crippen LogP contribution in [0, 0.1) is 11.3 Å². The molecule has 1 aromatic heterocycles. The first-order valence-corrected chi connectivity index (χ1v) is 7.84. The Balaban J connectivity index is 1.59. The molecule has 118 valence electrons. The number of carbonyl (C=O) groups is 1. The van der Waals surface area contributed by atoms with Crippen LogP contribution in [0.4, 0.5) is 5.82 Å². The zero-order valence-electron chi connectivity index (χ0n) is 12.6. The average molecular weight is 310 g/mol. The van der Waals surface area contributed by atoms with Crippen LogP contribution in [0.15, 0.2) is 42.5 Å². The smallest absolute Gasteiger partial charge is 0.310 e. The summed E-state index contributed by atoms with van der Waals surface area (Å²) in [4.78, 5) is 18.2. The van der Waals surface area contributed by atoms with E-state index in [9.17, 15) is 15.0 Å². The number of piperidine rings is 1. The number of para-hydroxylation sites is 1. The summed E-state index contributed by atoms with van der Waals surface area (Å²) in [7, 11) is 0. The van der Waals surface area contributed by atoms with Crippen molar-refractivity contribution in [1.29, 1.82) is 0 Å². The van der Waals surface area contributed by atoms with Crippen LogP contribution in [0.1, 0.15) is 12.8 Å². The highest BCUT2D eigenvalue weighted by atomic mass is 16.4. The van der Waals surface area contributed by atoms with E-state index in [4.69, 9.17) is 0 Å². The molecule has 2 aliphatic rings. The van der Waals surface area contributed by atoms with Crippen molar-refractivity contribution < 1.29 is 15.0 Å². The lowest BCUT2D eigenvalue weighted by Gasteiger charge is -2.30. The highest BCUT2D eigenvalue weighted by Crippen LogP contribution is 2.58. The maximum atomic E-state index is 11.4. The third-order valence-electron chi connectivity index (χ3n) is 5.16. The van der Waals surface area contributed by atoms with Crippen molar-refractivity contribution in [3.63, 3.8) is 0 Å². The molecule has 0 amide bonds. The summed E-state index contributed by atoms with van der Waals surface area (Å²) in [5.41, 5.74) is 0.954. The molecule has 4 rings (SSSR count). The molecule has 1 aliphatic heterocycles. The predicted octanol–water partition coefficient (Wildman–Crippen LogP) is 2.76. The van der Waals surface area contributed by atoms with Crippen LogP contribution in [0.5, 0.6) is 5.75 Å². The Kier molecular flexibility index (Phi) is 3.04. The molecule has 23 heavy (non-hydrogen) atoms. The fourth-order valence-corrected chi connectivity index (χ4v) is 3.63. The first-order chi connectivity index (χ1) is 11.1. The number of pyridine rings is 1. The highest BCUT2D eigenvalue weighted by Gasteiger charge is 2.62. The summed E-state index contributed by atoms with van der Waals surface area (Å²) in [6.07, 6.45) is 1.45. The third kappa shape index (κ3) is 2.23. The fourth-order valence-electron chi connectivity index (χ4n) is 3.63. The summed E-state index contributed by atoms with van der Waals surface area (Å²) in [5.74, 6) is 0.627. The van der Waals surface area contributed by atoms with Crippen molar-refractivity contribution in [3.05, 3.63) is 42.5 Å². The van der Waals surface area contributed by atoms with Crippen LogP contribution in [-0.4, -0.2) is 34.3 Å². The number of phenolic OH excluding ortho intramolecular Hbond substituents is 1. The van der Waals surface area contributed by atoms with Gasteiger partial charge in [0.05, 0.1) is 11.1 Å². The van der Waals surface area contributed by atoms with Crippen LogP contribution in [0.3, 0.4) is 0 Å². The minimum atomic E-state index is -0.655. The summed E-state index contributed by atoms with van der Waals surface area (Å²) >= 11 is 0. The number of aromatic hydroxyl groups is 1. The molecule has 2 aromatic rings. The number of anilines is 1. The summed E-state index contributed by atoms with van der Waals surface area (Å²) in [6.45, 7) is 1.45. The molecule has 0 radical (unpaired) electrons. The molecule has 1 aliphatic carbocycles. The maximum Gasteiger partial charge on any atom is 0.310 e. The summed E-state index contributed by atoms with van der Waals surface area (Å²) in [6, 6.07) is 12.9. The van der Waals surface area contributed by atoms with Gasteiger partial charge in [0.15, 0.2) is 0 Å². The quantitative estimate of drug-likeness (QED) is 0.912. The number of benzene rings is 1. The van der Waals surface area contributed by atoms with Crippen molar-refractivity contribution in [2.45, 2.75) is 12.8 Å². The van der Waals surface area contributed by atoms with Gasteiger partial charge < -0.3 is 15.1 Å². The zero-order chi connectivity index (χ0) is 16.0. The number of aromatic nitrogens is 1. The molecule has 1 saturated heterocycles. The van der Waals surface area contributed by atoms with Crippen molar-refractivity contribution in [1.82, 2.24) is 4.98 Å². The Bertz CT molecular complexity index is 776. The molecule has 1 saturated carbocycles. The lowest BCUT2D eigenvalue weighted by atomic mass is 9.95. The molecule has 0 bridgehead atoms. The number of carboxylic acid groups (broad SMARTS) is 1. The number of fused-ring (bicyclic) bond motifs is 1. The molecular weight excluding hydrogens is 292 g/mol. The molecule has 2 atom stereocenters. The number of aliphatic carboxylic acids is 1.